The number of benzene rings is 2. The van der Waals surface area contributed by atoms with Gasteiger partial charge in [0, 0.05) is 11.4 Å². The van der Waals surface area contributed by atoms with Crippen molar-refractivity contribution in [2.75, 3.05) is 13.7 Å². The van der Waals surface area contributed by atoms with E-state index in [-0.39, 0.29) is 18.6 Å². The molecular weight excluding hydrogens is 392 g/mol. The van der Waals surface area contributed by atoms with Gasteiger partial charge in [-0.2, -0.15) is 5.10 Å². The largest absolute Gasteiger partial charge is 0.497 e. The number of halogens is 1. The Morgan fingerprint density at radius 3 is 2.52 bits per heavy atom. The van der Waals surface area contributed by atoms with E-state index < -0.39 is 0 Å². The zero-order valence-electron chi connectivity index (χ0n) is 15.7. The molecule has 3 aromatic rings. The molecule has 148 valence electrons. The molecule has 0 unspecified atom stereocenters. The molecule has 1 amide bonds. The molecule has 0 fully saturated rings. The van der Waals surface area contributed by atoms with Gasteiger partial charge in [0.25, 0.3) is 5.91 Å². The molecule has 1 aromatic heterocycles. The van der Waals surface area contributed by atoms with Gasteiger partial charge in [-0.25, -0.2) is 5.01 Å². The molecule has 0 spiro atoms. The Kier molecular flexibility index (Phi) is 5.53. The van der Waals surface area contributed by atoms with Gasteiger partial charge in [-0.05, 0) is 66.2 Å². The van der Waals surface area contributed by atoms with Crippen LogP contribution in [0.5, 0.6) is 11.5 Å². The van der Waals surface area contributed by atoms with Gasteiger partial charge < -0.3 is 13.9 Å². The minimum Gasteiger partial charge on any atom is -0.497 e. The van der Waals surface area contributed by atoms with Crippen molar-refractivity contribution in [2.24, 2.45) is 5.10 Å². The lowest BCUT2D eigenvalue weighted by molar-refractivity contribution is -0.135. The first kappa shape index (κ1) is 19.1. The van der Waals surface area contributed by atoms with Crippen molar-refractivity contribution < 1.29 is 18.7 Å². The Morgan fingerprint density at radius 1 is 1.14 bits per heavy atom. The number of hydrazone groups is 1. The number of methoxy groups -OCH3 is 1. The van der Waals surface area contributed by atoms with E-state index in [9.17, 15) is 4.79 Å². The van der Waals surface area contributed by atoms with Crippen molar-refractivity contribution in [2.45, 2.75) is 12.5 Å². The summed E-state index contributed by atoms with van der Waals surface area (Å²) >= 11 is 5.88. The number of furan rings is 1. The molecule has 2 aromatic carbocycles. The highest BCUT2D eigenvalue weighted by Gasteiger charge is 2.35. The predicted octanol–water partition coefficient (Wildman–Crippen LogP) is 4.70. The third-order valence-electron chi connectivity index (χ3n) is 4.64. The molecule has 2 heterocycles. The first-order valence-electron chi connectivity index (χ1n) is 9.10. The minimum absolute atomic E-state index is 0.141. The summed E-state index contributed by atoms with van der Waals surface area (Å²) in [6.07, 6.45) is 2.14. The van der Waals surface area contributed by atoms with Crippen LogP contribution >= 0.6 is 11.6 Å². The van der Waals surface area contributed by atoms with Crippen LogP contribution in [-0.2, 0) is 4.79 Å². The Bertz CT molecular complexity index is 998. The zero-order valence-corrected chi connectivity index (χ0v) is 16.5. The van der Waals surface area contributed by atoms with E-state index in [4.69, 9.17) is 25.5 Å². The second-order valence-electron chi connectivity index (χ2n) is 6.49. The molecule has 7 heteroatoms. The maximum atomic E-state index is 12.9. The number of carbonyl (C=O) groups is 1. The molecule has 0 radical (unpaired) electrons. The van der Waals surface area contributed by atoms with Gasteiger partial charge >= 0.3 is 0 Å². The number of ether oxygens (including phenoxy) is 2. The number of nitrogens with zero attached hydrogens (tertiary/aromatic N) is 2. The first-order chi connectivity index (χ1) is 14.1. The second-order valence-corrected chi connectivity index (χ2v) is 6.93. The standard InChI is InChI=1S/C22H19ClN2O4/c1-27-17-8-4-15(5-9-17)19-13-20(21-3-2-12-28-21)25(24-19)22(26)14-29-18-10-6-16(23)7-11-18/h2-12,20H,13-14H2,1H3/t20-/m1/s1. The summed E-state index contributed by atoms with van der Waals surface area (Å²) in [5.41, 5.74) is 1.73. The number of hydrogen-bond donors (Lipinski definition) is 0. The highest BCUT2D eigenvalue weighted by Crippen LogP contribution is 2.33. The minimum atomic E-state index is -0.316. The van der Waals surface area contributed by atoms with Crippen LogP contribution in [0.1, 0.15) is 23.8 Å². The SMILES string of the molecule is COc1ccc(C2=NN(C(=O)COc3ccc(Cl)cc3)[C@@H](c3ccco3)C2)cc1. The van der Waals surface area contributed by atoms with E-state index in [1.54, 1.807) is 43.7 Å². The molecule has 0 N–H and O–H groups in total. The van der Waals surface area contributed by atoms with Gasteiger partial charge in [0.15, 0.2) is 6.61 Å². The second kappa shape index (κ2) is 8.41. The molecule has 1 atom stereocenters. The smallest absolute Gasteiger partial charge is 0.281 e. The molecule has 1 aliphatic rings. The number of carbonyl (C=O) groups excluding carboxylic acids is 1. The molecule has 6 nitrogen and oxygen atoms in total. The van der Waals surface area contributed by atoms with Gasteiger partial charge in [0.1, 0.15) is 23.3 Å². The fourth-order valence-corrected chi connectivity index (χ4v) is 3.27. The van der Waals surface area contributed by atoms with Crippen molar-refractivity contribution in [3.63, 3.8) is 0 Å². The normalized spacial score (nSPS) is 15.9. The quantitative estimate of drug-likeness (QED) is 0.591. The fourth-order valence-electron chi connectivity index (χ4n) is 3.14. The summed E-state index contributed by atoms with van der Waals surface area (Å²) in [6.45, 7) is -0.141. The van der Waals surface area contributed by atoms with Crippen LogP contribution in [0.15, 0.2) is 76.4 Å². The average molecular weight is 411 g/mol. The van der Waals surface area contributed by atoms with Gasteiger partial charge in [-0.3, -0.25) is 4.79 Å². The lowest BCUT2D eigenvalue weighted by Gasteiger charge is -2.20. The lowest BCUT2D eigenvalue weighted by atomic mass is 10.0. The topological polar surface area (TPSA) is 64.3 Å². The maximum Gasteiger partial charge on any atom is 0.281 e. The zero-order chi connectivity index (χ0) is 20.2. The van der Waals surface area contributed by atoms with E-state index in [2.05, 4.69) is 5.10 Å². The van der Waals surface area contributed by atoms with E-state index >= 15 is 0 Å². The molecule has 0 saturated carbocycles. The maximum absolute atomic E-state index is 12.9. The summed E-state index contributed by atoms with van der Waals surface area (Å²) in [5, 5.41) is 6.62. The Hall–Kier alpha value is -3.25. The van der Waals surface area contributed by atoms with Crippen molar-refractivity contribution in [3.8, 4) is 11.5 Å². The monoisotopic (exact) mass is 410 g/mol. The van der Waals surface area contributed by atoms with Crippen LogP contribution < -0.4 is 9.47 Å². The average Bonchev–Trinajstić information content (AvgIpc) is 3.43. The first-order valence-corrected chi connectivity index (χ1v) is 9.47. The molecular formula is C22H19ClN2O4. The Labute approximate surface area is 173 Å². The molecule has 4 rings (SSSR count). The van der Waals surface area contributed by atoms with Crippen LogP contribution in [0.25, 0.3) is 0 Å². The van der Waals surface area contributed by atoms with Crippen LogP contribution in [-0.4, -0.2) is 30.3 Å². The van der Waals surface area contributed by atoms with Crippen molar-refractivity contribution in [1.29, 1.82) is 0 Å². The molecule has 0 saturated heterocycles. The van der Waals surface area contributed by atoms with Gasteiger partial charge in [0.05, 0.1) is 19.1 Å². The molecule has 0 bridgehead atoms. The van der Waals surface area contributed by atoms with Crippen molar-refractivity contribution in [3.05, 3.63) is 83.3 Å². The number of amides is 1. The summed E-state index contributed by atoms with van der Waals surface area (Å²) in [4.78, 5) is 12.9. The van der Waals surface area contributed by atoms with E-state index in [1.165, 1.54) is 5.01 Å². The van der Waals surface area contributed by atoms with E-state index in [0.717, 1.165) is 17.0 Å². The van der Waals surface area contributed by atoms with E-state index in [1.807, 2.05) is 30.3 Å². The fraction of sp³-hybridized carbons (Fsp3) is 0.182. The van der Waals surface area contributed by atoms with Crippen molar-refractivity contribution >= 4 is 23.2 Å². The summed E-state index contributed by atoms with van der Waals surface area (Å²) in [7, 11) is 1.62. The summed E-state index contributed by atoms with van der Waals surface area (Å²) in [5.74, 6) is 1.75. The van der Waals surface area contributed by atoms with Crippen LogP contribution in [0.4, 0.5) is 0 Å². The Morgan fingerprint density at radius 2 is 1.86 bits per heavy atom. The molecule has 0 aliphatic carbocycles. The number of hydrogen-bond acceptors (Lipinski definition) is 5. The highest BCUT2D eigenvalue weighted by atomic mass is 35.5. The Balaban J connectivity index is 1.53. The van der Waals surface area contributed by atoms with Gasteiger partial charge in [-0.15, -0.1) is 0 Å². The van der Waals surface area contributed by atoms with Crippen molar-refractivity contribution in [1.82, 2.24) is 5.01 Å². The highest BCUT2D eigenvalue weighted by molar-refractivity contribution is 6.30. The predicted molar refractivity (Wildman–Crippen MR) is 109 cm³/mol. The van der Waals surface area contributed by atoms with Gasteiger partial charge in [0.2, 0.25) is 0 Å². The molecule has 29 heavy (non-hydrogen) atoms. The third kappa shape index (κ3) is 4.27. The van der Waals surface area contributed by atoms with Crippen LogP contribution in [0.2, 0.25) is 5.02 Å². The summed E-state index contributed by atoms with van der Waals surface area (Å²) in [6, 6.07) is 17.8. The third-order valence-corrected chi connectivity index (χ3v) is 4.89. The van der Waals surface area contributed by atoms with Crippen LogP contribution in [0.3, 0.4) is 0 Å². The van der Waals surface area contributed by atoms with Crippen LogP contribution in [0, 0.1) is 0 Å². The van der Waals surface area contributed by atoms with Gasteiger partial charge in [-0.1, -0.05) is 11.6 Å². The lowest BCUT2D eigenvalue weighted by Crippen LogP contribution is -2.31. The van der Waals surface area contributed by atoms with E-state index in [0.29, 0.717) is 23.0 Å². The molecule has 1 aliphatic heterocycles. The number of rotatable bonds is 6. The summed E-state index contributed by atoms with van der Waals surface area (Å²) < 4.78 is 16.4.